The van der Waals surface area contributed by atoms with E-state index >= 15 is 0 Å². The van der Waals surface area contributed by atoms with Gasteiger partial charge in [0.05, 0.1) is 0 Å². The summed E-state index contributed by atoms with van der Waals surface area (Å²) in [6.07, 6.45) is 6.28. The van der Waals surface area contributed by atoms with Crippen LogP contribution in [-0.2, 0) is 20.4 Å². The summed E-state index contributed by atoms with van der Waals surface area (Å²) < 4.78 is 0. The van der Waals surface area contributed by atoms with Gasteiger partial charge in [0.25, 0.3) is 0 Å². The monoisotopic (exact) mass is 299 g/mol. The predicted octanol–water partition coefficient (Wildman–Crippen LogP) is 3.95. The fraction of sp³-hybridized carbons (Fsp3) is 0. The molecule has 0 aliphatic heterocycles. The molecule has 0 aliphatic rings. The van der Waals surface area contributed by atoms with Gasteiger partial charge < -0.3 is 0 Å². The van der Waals surface area contributed by atoms with Crippen molar-refractivity contribution < 1.29 is 20.4 Å². The Kier molecular flexibility index (Phi) is 5.64. The summed E-state index contributed by atoms with van der Waals surface area (Å²) in [5, 5.41) is 0. The van der Waals surface area contributed by atoms with Gasteiger partial charge in [0.1, 0.15) is 0 Å². The van der Waals surface area contributed by atoms with Gasteiger partial charge in [-0.25, -0.2) is 0 Å². The maximum absolute atomic E-state index is 2.10. The zero-order valence-corrected chi connectivity index (χ0v) is 10.4. The van der Waals surface area contributed by atoms with Crippen LogP contribution in [0.3, 0.4) is 0 Å². The van der Waals surface area contributed by atoms with Gasteiger partial charge >= 0.3 is 0 Å². The molecule has 0 unspecified atom stereocenters. The number of allylic oxidation sites excluding steroid dienone is 1. The number of rotatable bonds is 3. The van der Waals surface area contributed by atoms with E-state index < -0.39 is 0 Å². The zero-order chi connectivity index (χ0) is 10.3. The van der Waals surface area contributed by atoms with E-state index in [1.54, 1.807) is 0 Å². The number of benzene rings is 2. The maximum Gasteiger partial charge on any atom is 0 e. The van der Waals surface area contributed by atoms with Crippen LogP contribution in [0.4, 0.5) is 0 Å². The molecular formula is C15H13Pd-. The molecule has 0 aliphatic carbocycles. The minimum absolute atomic E-state index is 0. The van der Waals surface area contributed by atoms with Gasteiger partial charge in [-0.1, -0.05) is 42.0 Å². The minimum Gasteiger partial charge on any atom is -0.148 e. The van der Waals surface area contributed by atoms with Crippen molar-refractivity contribution in [2.75, 3.05) is 0 Å². The molecule has 2 rings (SSSR count). The molecule has 2 aromatic rings. The first-order chi connectivity index (χ1) is 7.45. The molecule has 0 nitrogen and oxygen atoms in total. The molecule has 0 bridgehead atoms. The first kappa shape index (κ1) is 12.8. The third-order valence-corrected chi connectivity index (χ3v) is 2.18. The predicted molar refractivity (Wildman–Crippen MR) is 65.3 cm³/mol. The molecule has 1 heteroatoms. The fourth-order valence-electron chi connectivity index (χ4n) is 1.40. The van der Waals surface area contributed by atoms with Crippen LogP contribution in [0.1, 0.15) is 11.1 Å². The van der Waals surface area contributed by atoms with Crippen LogP contribution in [0, 0.1) is 6.42 Å². The van der Waals surface area contributed by atoms with Crippen molar-refractivity contribution in [1.29, 1.82) is 0 Å². The number of hydrogen-bond acceptors (Lipinski definition) is 0. The average Bonchev–Trinajstić information content (AvgIpc) is 2.32. The molecule has 0 saturated heterocycles. The molecule has 0 atom stereocenters. The molecule has 0 fully saturated rings. The van der Waals surface area contributed by atoms with E-state index in [9.17, 15) is 0 Å². The van der Waals surface area contributed by atoms with E-state index in [-0.39, 0.29) is 20.4 Å². The molecule has 0 amide bonds. The Morgan fingerprint density at radius 1 is 0.750 bits per heavy atom. The molecule has 0 N–H and O–H groups in total. The minimum atomic E-state index is 0. The van der Waals surface area contributed by atoms with Crippen LogP contribution in [-0.4, -0.2) is 0 Å². The SMILES string of the molecule is C(=C\c1ccccc1)/[CH-]c1ccccc1.[Pd]. The van der Waals surface area contributed by atoms with Crippen molar-refractivity contribution in [3.63, 3.8) is 0 Å². The maximum atomic E-state index is 2.10. The van der Waals surface area contributed by atoms with Crippen molar-refractivity contribution in [2.24, 2.45) is 0 Å². The second-order valence-corrected chi connectivity index (χ2v) is 3.35. The summed E-state index contributed by atoms with van der Waals surface area (Å²) >= 11 is 0. The first-order valence-electron chi connectivity index (χ1n) is 5.07. The Hall–Kier alpha value is -1.29. The van der Waals surface area contributed by atoms with Crippen molar-refractivity contribution in [2.45, 2.75) is 0 Å². The molecule has 0 spiro atoms. The second-order valence-electron chi connectivity index (χ2n) is 3.35. The molecule has 0 radical (unpaired) electrons. The third-order valence-electron chi connectivity index (χ3n) is 2.18. The summed E-state index contributed by atoms with van der Waals surface area (Å²) in [6, 6.07) is 20.6. The number of hydrogen-bond donors (Lipinski definition) is 0. The largest absolute Gasteiger partial charge is 0.148 e. The first-order valence-corrected chi connectivity index (χ1v) is 5.07. The summed E-state index contributed by atoms with van der Waals surface area (Å²) in [6.45, 7) is 0. The van der Waals surface area contributed by atoms with Gasteiger partial charge in [-0.15, -0.1) is 48.4 Å². The van der Waals surface area contributed by atoms with Crippen LogP contribution in [0.2, 0.25) is 0 Å². The fourth-order valence-corrected chi connectivity index (χ4v) is 1.40. The summed E-state index contributed by atoms with van der Waals surface area (Å²) in [5.74, 6) is 0. The van der Waals surface area contributed by atoms with Crippen LogP contribution in [0.15, 0.2) is 66.7 Å². The average molecular weight is 300 g/mol. The van der Waals surface area contributed by atoms with Crippen LogP contribution >= 0.6 is 0 Å². The van der Waals surface area contributed by atoms with E-state index in [1.165, 1.54) is 11.1 Å². The normalized spacial score (nSPS) is 9.75. The van der Waals surface area contributed by atoms with Crippen LogP contribution < -0.4 is 0 Å². The Morgan fingerprint density at radius 2 is 1.31 bits per heavy atom. The Balaban J connectivity index is 0.00000128. The molecule has 0 heterocycles. The second kappa shape index (κ2) is 7.06. The Labute approximate surface area is 111 Å². The Morgan fingerprint density at radius 3 is 1.94 bits per heavy atom. The van der Waals surface area contributed by atoms with Crippen molar-refractivity contribution >= 4 is 6.08 Å². The zero-order valence-electron chi connectivity index (χ0n) is 8.82. The molecule has 84 valence electrons. The van der Waals surface area contributed by atoms with E-state index in [2.05, 4.69) is 42.8 Å². The van der Waals surface area contributed by atoms with Gasteiger partial charge in [0.2, 0.25) is 0 Å². The molecule has 16 heavy (non-hydrogen) atoms. The quantitative estimate of drug-likeness (QED) is 0.595. The van der Waals surface area contributed by atoms with Gasteiger partial charge in [-0.3, -0.25) is 0 Å². The van der Waals surface area contributed by atoms with Gasteiger partial charge in [0, 0.05) is 20.4 Å². The van der Waals surface area contributed by atoms with Gasteiger partial charge in [-0.05, 0) is 0 Å². The van der Waals surface area contributed by atoms with E-state index in [0.29, 0.717) is 0 Å². The van der Waals surface area contributed by atoms with Gasteiger partial charge in [0.15, 0.2) is 0 Å². The molecule has 0 saturated carbocycles. The summed E-state index contributed by atoms with van der Waals surface area (Å²) in [7, 11) is 0. The summed E-state index contributed by atoms with van der Waals surface area (Å²) in [4.78, 5) is 0. The van der Waals surface area contributed by atoms with Crippen LogP contribution in [0.5, 0.6) is 0 Å². The summed E-state index contributed by atoms with van der Waals surface area (Å²) in [5.41, 5.74) is 2.45. The smallest absolute Gasteiger partial charge is 0 e. The molecular weight excluding hydrogens is 287 g/mol. The Bertz CT molecular complexity index is 418. The van der Waals surface area contributed by atoms with Crippen molar-refractivity contribution in [3.8, 4) is 0 Å². The topological polar surface area (TPSA) is 0 Å². The third kappa shape index (κ3) is 4.06. The molecule has 0 aromatic heterocycles. The standard InChI is InChI=1S/C15H13.Pd/c1-3-8-14(9-4-1)12-7-13-15-10-5-2-6-11-15;/h1-13H;/q-1;/b12-7+;. The van der Waals surface area contributed by atoms with Crippen molar-refractivity contribution in [1.82, 2.24) is 0 Å². The van der Waals surface area contributed by atoms with E-state index in [4.69, 9.17) is 0 Å². The van der Waals surface area contributed by atoms with Gasteiger partial charge in [-0.2, -0.15) is 0 Å². The van der Waals surface area contributed by atoms with E-state index in [0.717, 1.165) is 0 Å². The van der Waals surface area contributed by atoms with E-state index in [1.807, 2.05) is 36.4 Å². The van der Waals surface area contributed by atoms with Crippen LogP contribution in [0.25, 0.3) is 6.08 Å². The molecule has 2 aromatic carbocycles. The van der Waals surface area contributed by atoms with Crippen molar-refractivity contribution in [3.05, 3.63) is 84.3 Å².